The molecule has 1 heterocycles. The summed E-state index contributed by atoms with van der Waals surface area (Å²) in [6, 6.07) is 1.86. The molecule has 56 valence electrons. The first-order valence-corrected chi connectivity index (χ1v) is 2.76. The Morgan fingerprint density at radius 1 is 1.82 bits per heavy atom. The standard InChI is InChI=1S/C5H6N6/c6-1-4-2-10-11(3-9-8)5(4)7/h2-3H,7-8H2/b9-3+. The Balaban J connectivity index is 3.13. The van der Waals surface area contributed by atoms with Gasteiger partial charge in [-0.1, -0.05) is 0 Å². The predicted octanol–water partition coefficient (Wildman–Crippen LogP) is -0.913. The van der Waals surface area contributed by atoms with Crippen molar-refractivity contribution >= 4 is 12.2 Å². The second-order valence-electron chi connectivity index (χ2n) is 1.76. The molecule has 4 N–H and O–H groups in total. The second-order valence-corrected chi connectivity index (χ2v) is 1.76. The molecule has 1 aromatic rings. The van der Waals surface area contributed by atoms with Crippen LogP contribution >= 0.6 is 0 Å². The van der Waals surface area contributed by atoms with Crippen LogP contribution in [0.3, 0.4) is 0 Å². The van der Waals surface area contributed by atoms with Crippen LogP contribution in [0.25, 0.3) is 0 Å². The zero-order valence-electron chi connectivity index (χ0n) is 5.60. The normalized spacial score (nSPS) is 10.1. The number of nitriles is 1. The Kier molecular flexibility index (Phi) is 1.74. The fourth-order valence-corrected chi connectivity index (χ4v) is 0.613. The van der Waals surface area contributed by atoms with Crippen molar-refractivity contribution in [2.24, 2.45) is 10.9 Å². The van der Waals surface area contributed by atoms with E-state index in [9.17, 15) is 0 Å². The van der Waals surface area contributed by atoms with Crippen LogP contribution in [-0.2, 0) is 0 Å². The van der Waals surface area contributed by atoms with Crippen LogP contribution < -0.4 is 11.6 Å². The summed E-state index contributed by atoms with van der Waals surface area (Å²) in [6.45, 7) is 0. The average molecular weight is 150 g/mol. The number of hydrogen-bond donors (Lipinski definition) is 2. The maximum atomic E-state index is 8.44. The highest BCUT2D eigenvalue weighted by Gasteiger charge is 2.02. The lowest BCUT2D eigenvalue weighted by Gasteiger charge is -1.91. The summed E-state index contributed by atoms with van der Waals surface area (Å²) in [4.78, 5) is 0. The van der Waals surface area contributed by atoms with Gasteiger partial charge < -0.3 is 11.6 Å². The molecule has 0 spiro atoms. The molecule has 0 saturated heterocycles. The van der Waals surface area contributed by atoms with Crippen LogP contribution in [-0.4, -0.2) is 16.1 Å². The summed E-state index contributed by atoms with van der Waals surface area (Å²) >= 11 is 0. The van der Waals surface area contributed by atoms with Crippen LogP contribution in [0.5, 0.6) is 0 Å². The van der Waals surface area contributed by atoms with E-state index >= 15 is 0 Å². The first-order chi connectivity index (χ1) is 5.29. The van der Waals surface area contributed by atoms with Crippen molar-refractivity contribution in [2.75, 3.05) is 5.73 Å². The summed E-state index contributed by atoms with van der Waals surface area (Å²) < 4.78 is 1.22. The summed E-state index contributed by atoms with van der Waals surface area (Å²) in [7, 11) is 0. The molecule has 6 nitrogen and oxygen atoms in total. The van der Waals surface area contributed by atoms with Crippen molar-refractivity contribution < 1.29 is 0 Å². The molecular weight excluding hydrogens is 144 g/mol. The van der Waals surface area contributed by atoms with Crippen LogP contribution in [0.4, 0.5) is 5.82 Å². The molecule has 1 aromatic heterocycles. The lowest BCUT2D eigenvalue weighted by molar-refractivity contribution is 0.956. The zero-order valence-corrected chi connectivity index (χ0v) is 5.60. The Bertz CT molecular complexity index is 316. The maximum absolute atomic E-state index is 8.44. The fraction of sp³-hybridized carbons (Fsp3) is 0. The minimum absolute atomic E-state index is 0.238. The Labute approximate surface area is 62.7 Å². The van der Waals surface area contributed by atoms with E-state index in [0.717, 1.165) is 0 Å². The summed E-state index contributed by atoms with van der Waals surface area (Å²) in [5.74, 6) is 5.09. The van der Waals surface area contributed by atoms with E-state index in [1.807, 2.05) is 6.07 Å². The molecule has 0 unspecified atom stereocenters. The molecule has 0 aliphatic heterocycles. The van der Waals surface area contributed by atoms with Crippen molar-refractivity contribution in [2.45, 2.75) is 0 Å². The van der Waals surface area contributed by atoms with Gasteiger partial charge in [-0.25, -0.2) is 4.68 Å². The molecule has 0 amide bonds. The predicted molar refractivity (Wildman–Crippen MR) is 39.4 cm³/mol. The van der Waals surface area contributed by atoms with Crippen LogP contribution in [0.15, 0.2) is 11.3 Å². The highest BCUT2D eigenvalue weighted by atomic mass is 15.3. The number of hydrogen-bond acceptors (Lipinski definition) is 5. The minimum Gasteiger partial charge on any atom is -0.382 e. The molecule has 0 aromatic carbocycles. The van der Waals surface area contributed by atoms with Gasteiger partial charge in [0.2, 0.25) is 0 Å². The number of hydrazone groups is 1. The largest absolute Gasteiger partial charge is 0.382 e. The van der Waals surface area contributed by atoms with E-state index in [1.165, 1.54) is 17.2 Å². The van der Waals surface area contributed by atoms with Crippen molar-refractivity contribution in [1.82, 2.24) is 9.78 Å². The first kappa shape index (κ1) is 7.08. The summed E-state index contributed by atoms with van der Waals surface area (Å²) in [6.07, 6.45) is 2.56. The number of aromatic nitrogens is 2. The van der Waals surface area contributed by atoms with Gasteiger partial charge in [0.1, 0.15) is 23.8 Å². The Morgan fingerprint density at radius 2 is 2.55 bits per heavy atom. The Hall–Kier alpha value is -2.03. The maximum Gasteiger partial charge on any atom is 0.146 e. The molecule has 1 rings (SSSR count). The van der Waals surface area contributed by atoms with Crippen LogP contribution in [0.1, 0.15) is 5.56 Å². The van der Waals surface area contributed by atoms with E-state index in [4.69, 9.17) is 16.8 Å². The quantitative estimate of drug-likeness (QED) is 0.234. The van der Waals surface area contributed by atoms with Crippen molar-refractivity contribution in [3.05, 3.63) is 11.8 Å². The van der Waals surface area contributed by atoms with Gasteiger partial charge in [0, 0.05) is 0 Å². The highest BCUT2D eigenvalue weighted by molar-refractivity contribution is 5.65. The second kappa shape index (κ2) is 2.70. The molecule has 0 aliphatic rings. The minimum atomic E-state index is 0.238. The number of rotatable bonds is 1. The van der Waals surface area contributed by atoms with E-state index in [-0.39, 0.29) is 5.82 Å². The van der Waals surface area contributed by atoms with Crippen molar-refractivity contribution in [3.8, 4) is 6.07 Å². The van der Waals surface area contributed by atoms with Gasteiger partial charge in [-0.3, -0.25) is 0 Å². The third-order valence-corrected chi connectivity index (χ3v) is 1.13. The third kappa shape index (κ3) is 1.11. The van der Waals surface area contributed by atoms with E-state index in [1.54, 1.807) is 0 Å². The summed E-state index contributed by atoms with van der Waals surface area (Å²) in [5, 5.41) is 15.4. The van der Waals surface area contributed by atoms with Gasteiger partial charge in [-0.2, -0.15) is 15.5 Å². The van der Waals surface area contributed by atoms with E-state index in [2.05, 4.69) is 10.2 Å². The third-order valence-electron chi connectivity index (χ3n) is 1.13. The SMILES string of the molecule is N#Cc1cnn(/C=N/N)c1N. The van der Waals surface area contributed by atoms with Gasteiger partial charge >= 0.3 is 0 Å². The monoisotopic (exact) mass is 150 g/mol. The zero-order chi connectivity index (χ0) is 8.27. The fourth-order valence-electron chi connectivity index (χ4n) is 0.613. The van der Waals surface area contributed by atoms with Gasteiger partial charge in [0.25, 0.3) is 0 Å². The number of nitrogens with zero attached hydrogens (tertiary/aromatic N) is 4. The lowest BCUT2D eigenvalue weighted by atomic mass is 10.4. The smallest absolute Gasteiger partial charge is 0.146 e. The van der Waals surface area contributed by atoms with Crippen LogP contribution in [0, 0.1) is 11.3 Å². The molecule has 0 bridgehead atoms. The molecule has 0 aliphatic carbocycles. The molecule has 11 heavy (non-hydrogen) atoms. The number of nitrogens with two attached hydrogens (primary N) is 2. The molecule has 0 radical (unpaired) electrons. The molecular formula is C5H6N6. The van der Waals surface area contributed by atoms with Crippen molar-refractivity contribution in [3.63, 3.8) is 0 Å². The van der Waals surface area contributed by atoms with E-state index < -0.39 is 0 Å². The Morgan fingerprint density at radius 3 is 3.00 bits per heavy atom. The van der Waals surface area contributed by atoms with Gasteiger partial charge in [0.15, 0.2) is 0 Å². The highest BCUT2D eigenvalue weighted by Crippen LogP contribution is 2.05. The number of anilines is 1. The molecule has 6 heteroatoms. The molecule has 0 fully saturated rings. The summed E-state index contributed by atoms with van der Waals surface area (Å²) in [5.41, 5.74) is 5.74. The molecule has 0 saturated carbocycles. The molecule has 0 atom stereocenters. The van der Waals surface area contributed by atoms with Crippen LogP contribution in [0.2, 0.25) is 0 Å². The van der Waals surface area contributed by atoms with Gasteiger partial charge in [-0.05, 0) is 0 Å². The van der Waals surface area contributed by atoms with Gasteiger partial charge in [-0.15, -0.1) is 0 Å². The number of nitrogen functional groups attached to an aromatic ring is 1. The van der Waals surface area contributed by atoms with Crippen molar-refractivity contribution in [1.29, 1.82) is 5.26 Å². The van der Waals surface area contributed by atoms with E-state index in [0.29, 0.717) is 5.56 Å². The van der Waals surface area contributed by atoms with Gasteiger partial charge in [0.05, 0.1) is 6.20 Å². The first-order valence-electron chi connectivity index (χ1n) is 2.76. The topological polar surface area (TPSA) is 106 Å². The lowest BCUT2D eigenvalue weighted by Crippen LogP contribution is -2.04. The average Bonchev–Trinajstić information content (AvgIpc) is 2.34.